The van der Waals surface area contributed by atoms with E-state index in [0.717, 1.165) is 23.1 Å². The first-order valence-corrected chi connectivity index (χ1v) is 12.7. The van der Waals surface area contributed by atoms with E-state index in [0.29, 0.717) is 23.4 Å². The zero-order valence-electron chi connectivity index (χ0n) is 22.1. The van der Waals surface area contributed by atoms with Crippen LogP contribution in [0.15, 0.2) is 72.8 Å². The second kappa shape index (κ2) is 11.1. The molecule has 1 saturated carbocycles. The minimum absolute atomic E-state index is 0.0737. The first kappa shape index (κ1) is 27.9. The van der Waals surface area contributed by atoms with E-state index in [2.05, 4.69) is 15.3 Å². The van der Waals surface area contributed by atoms with Crippen LogP contribution in [-0.2, 0) is 6.18 Å². The third-order valence-corrected chi connectivity index (χ3v) is 6.97. The van der Waals surface area contributed by atoms with Gasteiger partial charge in [-0.1, -0.05) is 24.3 Å². The van der Waals surface area contributed by atoms with Gasteiger partial charge in [0.2, 0.25) is 0 Å². The molecule has 210 valence electrons. The molecule has 1 unspecified atom stereocenters. The summed E-state index contributed by atoms with van der Waals surface area (Å²) < 4.78 is 61.8. The number of amides is 1. The van der Waals surface area contributed by atoms with E-state index >= 15 is 4.39 Å². The first-order chi connectivity index (χ1) is 19.6. The zero-order chi connectivity index (χ0) is 29.3. The number of aromatic nitrogens is 2. The molecule has 1 N–H and O–H groups in total. The molecule has 0 bridgehead atoms. The van der Waals surface area contributed by atoms with Gasteiger partial charge in [0.25, 0.3) is 5.91 Å². The van der Waals surface area contributed by atoms with E-state index in [1.54, 1.807) is 13.2 Å². The van der Waals surface area contributed by atoms with Crippen molar-refractivity contribution in [3.63, 3.8) is 0 Å². The molecule has 11 heteroatoms. The molecule has 1 aliphatic carbocycles. The molecule has 1 aliphatic rings. The number of methoxy groups -OCH3 is 1. The number of nitriles is 1. The number of hydrogen-bond donors (Lipinski definition) is 1. The maximum Gasteiger partial charge on any atom is 0.435 e. The van der Waals surface area contributed by atoms with Crippen molar-refractivity contribution in [2.45, 2.75) is 31.1 Å². The summed E-state index contributed by atoms with van der Waals surface area (Å²) in [5, 5.41) is 15.2. The lowest BCUT2D eigenvalue weighted by Crippen LogP contribution is -2.28. The molecular formula is C30H25F4N5O2. The van der Waals surface area contributed by atoms with Gasteiger partial charge in [0.05, 0.1) is 36.2 Å². The predicted octanol–water partition coefficient (Wildman–Crippen LogP) is 6.35. The van der Waals surface area contributed by atoms with Gasteiger partial charge in [-0.2, -0.15) is 23.5 Å². The topological polar surface area (TPSA) is 83.2 Å². The standard InChI is InChI=1S/C30H25F4N5O2/c1-38(21-9-10-21)28(19-6-11-23(41-2)12-7-19)20-8-13-24(31)25(15-20)36-29(40)26-16-27(30(32,33)34)37-39(26)22-5-3-4-18(14-22)17-35/h3-8,11-16,21,28H,9-10H2,1-2H3,(H,36,40). The number of carbonyl (C=O) groups excluding carboxylic acids is 1. The van der Waals surface area contributed by atoms with Gasteiger partial charge in [-0.25, -0.2) is 9.07 Å². The quantitative estimate of drug-likeness (QED) is 0.253. The number of carbonyl (C=O) groups is 1. The molecule has 3 aromatic carbocycles. The highest BCUT2D eigenvalue weighted by Gasteiger charge is 2.37. The number of benzene rings is 3. The van der Waals surface area contributed by atoms with Gasteiger partial charge in [0, 0.05) is 12.1 Å². The fourth-order valence-corrected chi connectivity index (χ4v) is 4.72. The average molecular weight is 564 g/mol. The number of nitrogens with zero attached hydrogens (tertiary/aromatic N) is 4. The van der Waals surface area contributed by atoms with Gasteiger partial charge in [0.15, 0.2) is 5.69 Å². The van der Waals surface area contributed by atoms with E-state index in [4.69, 9.17) is 4.74 Å². The van der Waals surface area contributed by atoms with Crippen LogP contribution in [0.4, 0.5) is 23.2 Å². The monoisotopic (exact) mass is 563 g/mol. The highest BCUT2D eigenvalue weighted by molar-refractivity contribution is 6.03. The van der Waals surface area contributed by atoms with Crippen molar-refractivity contribution >= 4 is 11.6 Å². The molecule has 7 nitrogen and oxygen atoms in total. The normalized spacial score (nSPS) is 14.0. The van der Waals surface area contributed by atoms with E-state index in [-0.39, 0.29) is 23.0 Å². The highest BCUT2D eigenvalue weighted by Crippen LogP contribution is 2.38. The van der Waals surface area contributed by atoms with Crippen LogP contribution in [0.1, 0.15) is 51.8 Å². The molecule has 0 spiro atoms. The maximum absolute atomic E-state index is 15.0. The van der Waals surface area contributed by atoms with Crippen LogP contribution >= 0.6 is 0 Å². The second-order valence-electron chi connectivity index (χ2n) is 9.75. The molecular weight excluding hydrogens is 538 g/mol. The Morgan fingerprint density at radius 1 is 1.10 bits per heavy atom. The highest BCUT2D eigenvalue weighted by atomic mass is 19.4. The van der Waals surface area contributed by atoms with E-state index < -0.39 is 29.3 Å². The van der Waals surface area contributed by atoms with Crippen molar-refractivity contribution in [2.24, 2.45) is 0 Å². The fraction of sp³-hybridized carbons (Fsp3) is 0.233. The summed E-state index contributed by atoms with van der Waals surface area (Å²) in [5.41, 5.74) is -0.112. The number of alkyl halides is 3. The number of rotatable bonds is 8. The number of anilines is 1. The number of halogens is 4. The summed E-state index contributed by atoms with van der Waals surface area (Å²) in [7, 11) is 3.54. The molecule has 0 radical (unpaired) electrons. The van der Waals surface area contributed by atoms with Crippen LogP contribution < -0.4 is 10.1 Å². The second-order valence-corrected chi connectivity index (χ2v) is 9.75. The first-order valence-electron chi connectivity index (χ1n) is 12.7. The minimum Gasteiger partial charge on any atom is -0.497 e. The third kappa shape index (κ3) is 5.93. The van der Waals surface area contributed by atoms with Crippen molar-refractivity contribution in [1.82, 2.24) is 14.7 Å². The number of ether oxygens (including phenoxy) is 1. The molecule has 1 heterocycles. The van der Waals surface area contributed by atoms with E-state index in [9.17, 15) is 23.2 Å². The summed E-state index contributed by atoms with van der Waals surface area (Å²) in [6.07, 6.45) is -2.80. The van der Waals surface area contributed by atoms with Crippen molar-refractivity contribution in [3.05, 3.63) is 107 Å². The smallest absolute Gasteiger partial charge is 0.435 e. The Balaban J connectivity index is 1.51. The SMILES string of the molecule is COc1ccc(C(c2ccc(F)c(NC(=O)c3cc(C(F)(F)F)nn3-c3cccc(C#N)c3)c2)N(C)C2CC2)cc1. The van der Waals surface area contributed by atoms with Crippen LogP contribution in [0.25, 0.3) is 5.69 Å². The van der Waals surface area contributed by atoms with Crippen molar-refractivity contribution < 1.29 is 27.1 Å². The lowest BCUT2D eigenvalue weighted by molar-refractivity contribution is -0.141. The van der Waals surface area contributed by atoms with Gasteiger partial charge < -0.3 is 10.1 Å². The molecule has 1 amide bonds. The Kier molecular flexibility index (Phi) is 7.51. The Morgan fingerprint density at radius 3 is 2.44 bits per heavy atom. The van der Waals surface area contributed by atoms with E-state index in [1.807, 2.05) is 37.4 Å². The number of hydrogen-bond acceptors (Lipinski definition) is 5. The molecule has 4 aromatic rings. The van der Waals surface area contributed by atoms with Gasteiger partial charge in [-0.05, 0) is 73.5 Å². The largest absolute Gasteiger partial charge is 0.497 e. The molecule has 1 aromatic heterocycles. The summed E-state index contributed by atoms with van der Waals surface area (Å²) in [6.45, 7) is 0. The molecule has 0 saturated heterocycles. The van der Waals surface area contributed by atoms with Gasteiger partial charge in [0.1, 0.15) is 17.3 Å². The third-order valence-electron chi connectivity index (χ3n) is 6.97. The van der Waals surface area contributed by atoms with Gasteiger partial charge in [-0.3, -0.25) is 9.69 Å². The molecule has 0 aliphatic heterocycles. The zero-order valence-corrected chi connectivity index (χ0v) is 22.1. The Morgan fingerprint density at radius 2 is 1.80 bits per heavy atom. The predicted molar refractivity (Wildman–Crippen MR) is 143 cm³/mol. The fourth-order valence-electron chi connectivity index (χ4n) is 4.72. The summed E-state index contributed by atoms with van der Waals surface area (Å²) in [6, 6.07) is 20.0. The van der Waals surface area contributed by atoms with Crippen molar-refractivity contribution in [1.29, 1.82) is 5.26 Å². The molecule has 1 atom stereocenters. The lowest BCUT2D eigenvalue weighted by Gasteiger charge is -2.29. The van der Waals surface area contributed by atoms with Crippen LogP contribution in [-0.4, -0.2) is 40.8 Å². The molecule has 1 fully saturated rings. The Hall–Kier alpha value is -4.69. The van der Waals surface area contributed by atoms with Crippen LogP contribution in [0, 0.1) is 17.1 Å². The van der Waals surface area contributed by atoms with Crippen LogP contribution in [0.5, 0.6) is 5.75 Å². The maximum atomic E-state index is 15.0. The number of nitrogens with one attached hydrogen (secondary N) is 1. The molecule has 41 heavy (non-hydrogen) atoms. The summed E-state index contributed by atoms with van der Waals surface area (Å²) in [5.74, 6) is -1.06. The summed E-state index contributed by atoms with van der Waals surface area (Å²) >= 11 is 0. The van der Waals surface area contributed by atoms with Crippen LogP contribution in [0.3, 0.4) is 0 Å². The van der Waals surface area contributed by atoms with Gasteiger partial charge in [-0.15, -0.1) is 0 Å². The summed E-state index contributed by atoms with van der Waals surface area (Å²) in [4.78, 5) is 15.5. The van der Waals surface area contributed by atoms with Crippen molar-refractivity contribution in [3.8, 4) is 17.5 Å². The molecule has 5 rings (SSSR count). The van der Waals surface area contributed by atoms with Crippen LogP contribution in [0.2, 0.25) is 0 Å². The minimum atomic E-state index is -4.84. The Bertz CT molecular complexity index is 1620. The lowest BCUT2D eigenvalue weighted by atomic mass is 9.96. The average Bonchev–Trinajstić information content (AvgIpc) is 3.71. The van der Waals surface area contributed by atoms with E-state index in [1.165, 1.54) is 36.4 Å². The van der Waals surface area contributed by atoms with Crippen molar-refractivity contribution in [2.75, 3.05) is 19.5 Å². The Labute approximate surface area is 233 Å². The van der Waals surface area contributed by atoms with Gasteiger partial charge >= 0.3 is 6.18 Å².